The monoisotopic (exact) mass is 775 g/mol. The van der Waals surface area contributed by atoms with E-state index >= 15 is 0 Å². The zero-order valence-corrected chi connectivity index (χ0v) is 33.5. The standard InChI is InChI=1S/C54H30B5N3/c55-49-50(56)52(58)54(53(59)51(49)57)62-47-25-21-33(31-19-23-45-39(27-31)37-15-7-9-17-43(37)60(45)35-11-3-1-4-12-35)29-41(47)42-30-34(22-26-48(42)62)32-20-24-46-40(28-32)38-16-8-10-18-44(38)61(46)36-13-5-2-6-14-36/h1-30H. The van der Waals surface area contributed by atoms with Crippen LogP contribution in [0.3, 0.4) is 0 Å². The van der Waals surface area contributed by atoms with Crippen LogP contribution in [-0.2, 0) is 0 Å². The fraction of sp³-hybridized carbons (Fsp3) is 0. The molecule has 9 aromatic carbocycles. The Labute approximate surface area is 365 Å². The normalized spacial score (nSPS) is 11.9. The second-order valence-corrected chi connectivity index (χ2v) is 16.1. The fourth-order valence-electron chi connectivity index (χ4n) is 9.72. The van der Waals surface area contributed by atoms with Crippen LogP contribution in [0.25, 0.3) is 105 Å². The number of benzene rings is 9. The molecular weight excluding hydrogens is 745 g/mol. The average Bonchev–Trinajstić information content (AvgIpc) is 3.95. The van der Waals surface area contributed by atoms with Gasteiger partial charge in [-0.05, 0) is 107 Å². The first-order valence-corrected chi connectivity index (χ1v) is 20.6. The Bertz CT molecular complexity index is 3560. The molecule has 3 nitrogen and oxygen atoms in total. The molecular formula is C54H30B5N3. The van der Waals surface area contributed by atoms with Crippen molar-refractivity contribution in [2.24, 2.45) is 0 Å². The summed E-state index contributed by atoms with van der Waals surface area (Å²) in [6, 6.07) is 64.9. The van der Waals surface area contributed by atoms with Crippen molar-refractivity contribution in [2.45, 2.75) is 0 Å². The molecule has 12 aromatic rings. The van der Waals surface area contributed by atoms with E-state index in [1.54, 1.807) is 0 Å². The quantitative estimate of drug-likeness (QED) is 0.157. The molecule has 0 atom stereocenters. The van der Waals surface area contributed by atoms with Crippen molar-refractivity contribution in [3.8, 4) is 39.3 Å². The first-order valence-electron chi connectivity index (χ1n) is 20.6. The number of hydrogen-bond acceptors (Lipinski definition) is 0. The molecule has 0 aliphatic rings. The van der Waals surface area contributed by atoms with Gasteiger partial charge in [0.05, 0.1) is 33.1 Å². The van der Waals surface area contributed by atoms with Gasteiger partial charge in [-0.2, -0.15) is 0 Å². The Morgan fingerprint density at radius 1 is 0.242 bits per heavy atom. The fourth-order valence-corrected chi connectivity index (χ4v) is 9.72. The van der Waals surface area contributed by atoms with Crippen molar-refractivity contribution < 1.29 is 0 Å². The molecule has 3 heterocycles. The van der Waals surface area contributed by atoms with Crippen LogP contribution in [0.4, 0.5) is 0 Å². The molecule has 0 unspecified atom stereocenters. The Morgan fingerprint density at radius 2 is 0.532 bits per heavy atom. The highest BCUT2D eigenvalue weighted by Gasteiger charge is 2.21. The van der Waals surface area contributed by atoms with E-state index in [-0.39, 0.29) is 27.3 Å². The van der Waals surface area contributed by atoms with Gasteiger partial charge in [-0.3, -0.25) is 0 Å². The van der Waals surface area contributed by atoms with E-state index in [1.165, 1.54) is 21.5 Å². The maximum absolute atomic E-state index is 6.79. The summed E-state index contributed by atoms with van der Waals surface area (Å²) in [6.07, 6.45) is 0. The zero-order valence-electron chi connectivity index (χ0n) is 33.5. The molecule has 0 aliphatic heterocycles. The third-order valence-corrected chi connectivity index (χ3v) is 12.7. The van der Waals surface area contributed by atoms with Crippen LogP contribution in [-0.4, -0.2) is 52.9 Å². The topological polar surface area (TPSA) is 14.8 Å². The van der Waals surface area contributed by atoms with Crippen molar-refractivity contribution in [3.63, 3.8) is 0 Å². The average molecular weight is 775 g/mol. The summed E-state index contributed by atoms with van der Waals surface area (Å²) in [5.74, 6) is 0. The predicted molar refractivity (Wildman–Crippen MR) is 267 cm³/mol. The van der Waals surface area contributed by atoms with Crippen molar-refractivity contribution in [1.29, 1.82) is 0 Å². The van der Waals surface area contributed by atoms with E-state index in [0.29, 0.717) is 5.69 Å². The van der Waals surface area contributed by atoms with E-state index in [4.69, 9.17) is 39.2 Å². The highest BCUT2D eigenvalue weighted by molar-refractivity contribution is 6.68. The van der Waals surface area contributed by atoms with Gasteiger partial charge in [-0.1, -0.05) is 108 Å². The summed E-state index contributed by atoms with van der Waals surface area (Å²) in [4.78, 5) is 0. The number of fused-ring (bicyclic) bond motifs is 9. The molecule has 0 saturated carbocycles. The lowest BCUT2D eigenvalue weighted by atomic mass is 9.61. The smallest absolute Gasteiger partial charge is 0.115 e. The van der Waals surface area contributed by atoms with Gasteiger partial charge in [-0.25, -0.2) is 0 Å². The lowest BCUT2D eigenvalue weighted by molar-refractivity contribution is 1.18. The Hall–Kier alpha value is -7.30. The molecule has 0 aliphatic carbocycles. The molecule has 8 heteroatoms. The van der Waals surface area contributed by atoms with Crippen molar-refractivity contribution in [2.75, 3.05) is 0 Å². The van der Waals surface area contributed by atoms with Crippen molar-refractivity contribution in [3.05, 3.63) is 182 Å². The minimum atomic E-state index is 0.183. The molecule has 0 fully saturated rings. The van der Waals surface area contributed by atoms with Gasteiger partial charge < -0.3 is 13.7 Å². The number of hydrogen-bond donors (Lipinski definition) is 0. The largest absolute Gasteiger partial charge is 0.310 e. The minimum absolute atomic E-state index is 0.183. The number of nitrogens with zero attached hydrogens (tertiary/aromatic N) is 3. The maximum Gasteiger partial charge on any atom is 0.115 e. The van der Waals surface area contributed by atoms with Crippen LogP contribution in [0, 0.1) is 0 Å². The van der Waals surface area contributed by atoms with Crippen LogP contribution >= 0.6 is 0 Å². The molecule has 276 valence electrons. The summed E-state index contributed by atoms with van der Waals surface area (Å²) in [6.45, 7) is 0. The SMILES string of the molecule is [B]c1c([B])c([B])c(-n2c3ccc(-c4ccc5c(c4)c4ccccc4n5-c4ccccc4)cc3c3cc(-c4ccc5c(c4)c4ccccc4n5-c4ccccc4)ccc32)c([B])c1[B]. The van der Waals surface area contributed by atoms with E-state index in [1.807, 2.05) is 0 Å². The van der Waals surface area contributed by atoms with E-state index in [9.17, 15) is 0 Å². The second-order valence-electron chi connectivity index (χ2n) is 16.1. The molecule has 0 bridgehead atoms. The van der Waals surface area contributed by atoms with Gasteiger partial charge in [0.2, 0.25) is 0 Å². The van der Waals surface area contributed by atoms with E-state index < -0.39 is 0 Å². The second kappa shape index (κ2) is 13.9. The number of para-hydroxylation sites is 4. The Balaban J connectivity index is 1.09. The summed E-state index contributed by atoms with van der Waals surface area (Å²) in [7, 11) is 32.9. The van der Waals surface area contributed by atoms with E-state index in [2.05, 4.69) is 196 Å². The lowest BCUT2D eigenvalue weighted by Gasteiger charge is -2.23. The molecule has 12 rings (SSSR count). The maximum atomic E-state index is 6.79. The number of aromatic nitrogens is 3. The minimum Gasteiger partial charge on any atom is -0.310 e. The summed E-state index contributed by atoms with van der Waals surface area (Å²) >= 11 is 0. The van der Waals surface area contributed by atoms with Gasteiger partial charge in [0.15, 0.2) is 0 Å². The van der Waals surface area contributed by atoms with Crippen molar-refractivity contribution >= 4 is 132 Å². The summed E-state index contributed by atoms with van der Waals surface area (Å²) < 4.78 is 6.74. The first-order chi connectivity index (χ1) is 30.4. The van der Waals surface area contributed by atoms with Gasteiger partial charge in [0.1, 0.15) is 39.2 Å². The van der Waals surface area contributed by atoms with Crippen molar-refractivity contribution in [1.82, 2.24) is 13.7 Å². The van der Waals surface area contributed by atoms with Crippen LogP contribution in [0.15, 0.2) is 182 Å². The van der Waals surface area contributed by atoms with Gasteiger partial charge in [0.25, 0.3) is 0 Å². The highest BCUT2D eigenvalue weighted by Crippen LogP contribution is 2.40. The highest BCUT2D eigenvalue weighted by atomic mass is 15.0. The molecule has 62 heavy (non-hydrogen) atoms. The van der Waals surface area contributed by atoms with Gasteiger partial charge in [-0.15, -0.1) is 16.4 Å². The van der Waals surface area contributed by atoms with E-state index in [0.717, 1.165) is 77.5 Å². The molecule has 0 amide bonds. The molecule has 0 spiro atoms. The first kappa shape index (κ1) is 36.5. The Morgan fingerprint density at radius 3 is 0.919 bits per heavy atom. The molecule has 3 aromatic heterocycles. The van der Waals surface area contributed by atoms with Gasteiger partial charge in [0, 0.05) is 49.4 Å². The molecule has 10 radical (unpaired) electrons. The zero-order chi connectivity index (χ0) is 41.8. The van der Waals surface area contributed by atoms with Crippen LogP contribution in [0.5, 0.6) is 0 Å². The molecule has 0 N–H and O–H groups in total. The summed E-state index contributed by atoms with van der Waals surface area (Å²) in [5, 5.41) is 6.82. The third kappa shape index (κ3) is 5.32. The van der Waals surface area contributed by atoms with Crippen LogP contribution < -0.4 is 27.3 Å². The van der Waals surface area contributed by atoms with Crippen LogP contribution in [0.2, 0.25) is 0 Å². The van der Waals surface area contributed by atoms with Crippen LogP contribution in [0.1, 0.15) is 0 Å². The predicted octanol–water partition coefficient (Wildman–Crippen LogP) is 8.28. The summed E-state index contributed by atoms with van der Waals surface area (Å²) in [5.41, 5.74) is 14.7. The Kier molecular flexibility index (Phi) is 8.18. The van der Waals surface area contributed by atoms with Gasteiger partial charge >= 0.3 is 0 Å². The lowest BCUT2D eigenvalue weighted by Crippen LogP contribution is -2.56. The third-order valence-electron chi connectivity index (χ3n) is 12.7. The number of rotatable bonds is 5. The molecule has 0 saturated heterocycles.